The van der Waals surface area contributed by atoms with Crippen molar-refractivity contribution in [2.45, 2.75) is 32.4 Å². The van der Waals surface area contributed by atoms with Crippen molar-refractivity contribution in [3.05, 3.63) is 0 Å². The molecule has 0 aliphatic heterocycles. The van der Waals surface area contributed by atoms with Gasteiger partial charge in [-0.05, 0) is 6.92 Å². The van der Waals surface area contributed by atoms with Crippen molar-refractivity contribution in [1.82, 2.24) is 5.32 Å². The van der Waals surface area contributed by atoms with Gasteiger partial charge in [-0.3, -0.25) is 9.59 Å². The fourth-order valence-electron chi connectivity index (χ4n) is 0.716. The number of hydrogen-bond donors (Lipinski definition) is 1. The van der Waals surface area contributed by atoms with Crippen molar-refractivity contribution >= 4 is 23.6 Å². The molecule has 15 heavy (non-hydrogen) atoms. The van der Waals surface area contributed by atoms with Crippen LogP contribution in [0.25, 0.3) is 0 Å². The first-order valence-electron chi connectivity index (χ1n) is 4.91. The van der Waals surface area contributed by atoms with Crippen molar-refractivity contribution in [2.75, 3.05) is 18.9 Å². The summed E-state index contributed by atoms with van der Waals surface area (Å²) in [6.45, 7) is 8.14. The van der Waals surface area contributed by atoms with Crippen molar-refractivity contribution in [2.24, 2.45) is 0 Å². The third-order valence-corrected chi connectivity index (χ3v) is 2.64. The Bertz CT molecular complexity index is 223. The zero-order valence-electron chi connectivity index (χ0n) is 9.75. The first kappa shape index (κ1) is 14.3. The molecule has 0 fully saturated rings. The first-order valence-corrected chi connectivity index (χ1v) is 5.90. The quantitative estimate of drug-likeness (QED) is 0.725. The second kappa shape index (κ2) is 6.71. The maximum atomic E-state index is 11.3. The number of amides is 1. The molecule has 0 saturated carbocycles. The van der Waals surface area contributed by atoms with Crippen LogP contribution in [-0.2, 0) is 14.3 Å². The minimum atomic E-state index is -0.397. The molecule has 0 atom stereocenters. The molecular weight excluding hydrogens is 214 g/mol. The Kier molecular flexibility index (Phi) is 6.40. The van der Waals surface area contributed by atoms with Crippen LogP contribution >= 0.6 is 11.8 Å². The molecule has 1 amide bonds. The summed E-state index contributed by atoms with van der Waals surface area (Å²) >= 11 is 1.54. The zero-order valence-corrected chi connectivity index (χ0v) is 10.6. The molecule has 4 nitrogen and oxygen atoms in total. The van der Waals surface area contributed by atoms with Crippen LogP contribution < -0.4 is 5.32 Å². The van der Waals surface area contributed by atoms with E-state index >= 15 is 0 Å². The summed E-state index contributed by atoms with van der Waals surface area (Å²) in [5, 5.41) is 2.51. The van der Waals surface area contributed by atoms with Gasteiger partial charge in [0.05, 0.1) is 12.4 Å². The summed E-state index contributed by atoms with van der Waals surface area (Å²) < 4.78 is 4.73. The second-order valence-corrected chi connectivity index (χ2v) is 5.78. The Hall–Kier alpha value is -0.710. The summed E-state index contributed by atoms with van der Waals surface area (Å²) in [7, 11) is 0. The van der Waals surface area contributed by atoms with E-state index in [-0.39, 0.29) is 17.2 Å². The molecule has 0 heterocycles. The molecule has 0 aliphatic rings. The molecule has 88 valence electrons. The molecule has 0 unspecified atom stereocenters. The Labute approximate surface area is 95.1 Å². The van der Waals surface area contributed by atoms with E-state index in [4.69, 9.17) is 0 Å². The van der Waals surface area contributed by atoms with Gasteiger partial charge in [-0.25, -0.2) is 0 Å². The molecule has 0 aliphatic carbocycles. The highest BCUT2D eigenvalue weighted by Gasteiger charge is 2.13. The minimum absolute atomic E-state index is 0.0443. The molecule has 0 saturated heterocycles. The number of carbonyl (C=O) groups is 2. The molecule has 0 aromatic carbocycles. The topological polar surface area (TPSA) is 55.4 Å². The number of carbonyl (C=O) groups excluding carboxylic acids is 2. The van der Waals surface area contributed by atoms with E-state index in [1.165, 1.54) is 0 Å². The molecule has 0 aromatic heterocycles. The van der Waals surface area contributed by atoms with Crippen molar-refractivity contribution in [1.29, 1.82) is 0 Å². The van der Waals surface area contributed by atoms with Crippen LogP contribution in [0.1, 0.15) is 27.7 Å². The maximum absolute atomic E-state index is 11.3. The lowest BCUT2D eigenvalue weighted by atomic mass is 10.3. The van der Waals surface area contributed by atoms with E-state index in [9.17, 15) is 9.59 Å². The Morgan fingerprint density at radius 2 is 1.93 bits per heavy atom. The monoisotopic (exact) mass is 233 g/mol. The predicted molar refractivity (Wildman–Crippen MR) is 61.9 cm³/mol. The fraction of sp³-hybridized carbons (Fsp3) is 0.800. The van der Waals surface area contributed by atoms with Gasteiger partial charge in [0, 0.05) is 4.75 Å². The lowest BCUT2D eigenvalue weighted by molar-refractivity contribution is -0.143. The van der Waals surface area contributed by atoms with E-state index in [0.29, 0.717) is 12.4 Å². The van der Waals surface area contributed by atoms with E-state index in [1.54, 1.807) is 18.7 Å². The number of nitrogens with one attached hydrogen (secondary N) is 1. The van der Waals surface area contributed by atoms with Crippen LogP contribution in [0.3, 0.4) is 0 Å². The molecule has 0 aromatic rings. The smallest absolute Gasteiger partial charge is 0.325 e. The second-order valence-electron chi connectivity index (χ2n) is 3.98. The number of hydrogen-bond acceptors (Lipinski definition) is 4. The fourth-order valence-corrected chi connectivity index (χ4v) is 1.38. The van der Waals surface area contributed by atoms with Gasteiger partial charge < -0.3 is 10.1 Å². The van der Waals surface area contributed by atoms with E-state index in [1.807, 2.05) is 20.8 Å². The van der Waals surface area contributed by atoms with Crippen LogP contribution in [0.4, 0.5) is 0 Å². The predicted octanol–water partition coefficient (Wildman–Crippen LogP) is 1.20. The van der Waals surface area contributed by atoms with Gasteiger partial charge >= 0.3 is 5.97 Å². The number of esters is 1. The number of thioether (sulfide) groups is 1. The van der Waals surface area contributed by atoms with Crippen molar-refractivity contribution < 1.29 is 14.3 Å². The molecule has 5 heteroatoms. The summed E-state index contributed by atoms with van der Waals surface area (Å²) in [5.74, 6) is -0.169. The zero-order chi connectivity index (χ0) is 11.9. The van der Waals surface area contributed by atoms with Gasteiger partial charge in [-0.1, -0.05) is 20.8 Å². The summed E-state index contributed by atoms with van der Waals surface area (Å²) in [6.07, 6.45) is 0. The lowest BCUT2D eigenvalue weighted by Crippen LogP contribution is -2.32. The SMILES string of the molecule is CCOC(=O)CNC(=O)CSC(C)(C)C. The van der Waals surface area contributed by atoms with Crippen molar-refractivity contribution in [3.8, 4) is 0 Å². The summed E-state index contributed by atoms with van der Waals surface area (Å²) in [4.78, 5) is 22.2. The first-order chi connectivity index (χ1) is 6.85. The highest BCUT2D eigenvalue weighted by Crippen LogP contribution is 2.22. The average Bonchev–Trinajstić information content (AvgIpc) is 2.11. The van der Waals surface area contributed by atoms with E-state index in [2.05, 4.69) is 10.1 Å². The van der Waals surface area contributed by atoms with Crippen LogP contribution in [0.5, 0.6) is 0 Å². The highest BCUT2D eigenvalue weighted by molar-refractivity contribution is 8.01. The Morgan fingerprint density at radius 1 is 1.33 bits per heavy atom. The maximum Gasteiger partial charge on any atom is 0.325 e. The van der Waals surface area contributed by atoms with Crippen LogP contribution in [-0.4, -0.2) is 35.5 Å². The summed E-state index contributed by atoms with van der Waals surface area (Å²) in [6, 6.07) is 0. The Morgan fingerprint density at radius 3 is 2.40 bits per heavy atom. The molecule has 0 radical (unpaired) electrons. The van der Waals surface area contributed by atoms with Gasteiger partial charge in [0.2, 0.25) is 5.91 Å². The molecule has 0 rings (SSSR count). The summed E-state index contributed by atoms with van der Waals surface area (Å²) in [5.41, 5.74) is 0. The number of ether oxygens (including phenoxy) is 1. The third kappa shape index (κ3) is 9.59. The largest absolute Gasteiger partial charge is 0.465 e. The molecule has 0 spiro atoms. The molecular formula is C10H19NO3S. The van der Waals surface area contributed by atoms with E-state index in [0.717, 1.165) is 0 Å². The van der Waals surface area contributed by atoms with Crippen molar-refractivity contribution in [3.63, 3.8) is 0 Å². The number of rotatable bonds is 5. The Balaban J connectivity index is 3.62. The standard InChI is InChI=1S/C10H19NO3S/c1-5-14-9(13)6-11-8(12)7-15-10(2,3)4/h5-7H2,1-4H3,(H,11,12). The van der Waals surface area contributed by atoms with Gasteiger partial charge in [0.15, 0.2) is 0 Å². The van der Waals surface area contributed by atoms with Gasteiger partial charge in [0.25, 0.3) is 0 Å². The minimum Gasteiger partial charge on any atom is -0.465 e. The normalized spacial score (nSPS) is 10.9. The van der Waals surface area contributed by atoms with Crippen LogP contribution in [0.2, 0.25) is 0 Å². The molecule has 1 N–H and O–H groups in total. The van der Waals surface area contributed by atoms with Crippen LogP contribution in [0.15, 0.2) is 0 Å². The van der Waals surface area contributed by atoms with Crippen LogP contribution in [0, 0.1) is 0 Å². The van der Waals surface area contributed by atoms with Gasteiger partial charge in [-0.2, -0.15) is 0 Å². The van der Waals surface area contributed by atoms with Gasteiger partial charge in [-0.15, -0.1) is 11.8 Å². The average molecular weight is 233 g/mol. The van der Waals surface area contributed by atoms with E-state index < -0.39 is 5.97 Å². The lowest BCUT2D eigenvalue weighted by Gasteiger charge is -2.16. The third-order valence-electron chi connectivity index (χ3n) is 1.37. The van der Waals surface area contributed by atoms with Gasteiger partial charge in [0.1, 0.15) is 6.54 Å². The molecule has 0 bridgehead atoms. The highest BCUT2D eigenvalue weighted by atomic mass is 32.2.